The third-order valence-corrected chi connectivity index (χ3v) is 4.86. The number of amides is 2. The van der Waals surface area contributed by atoms with Crippen molar-refractivity contribution in [3.63, 3.8) is 0 Å². The standard InChI is InChI=1S/C19H24N4O3/c24-19(20-7-2-9-22-10-3-8-21-22)23-11-1-4-16(23)15-5-6-17-18(14-15)26-13-12-25-17/h3,5-6,8,10,14,16H,1-2,4,7,9,11-13H2,(H,20,24). The highest BCUT2D eigenvalue weighted by Gasteiger charge is 2.30. The maximum Gasteiger partial charge on any atom is 0.317 e. The Hall–Kier alpha value is -2.70. The van der Waals surface area contributed by atoms with E-state index in [2.05, 4.69) is 10.4 Å². The highest BCUT2D eigenvalue weighted by atomic mass is 16.6. The molecule has 2 amide bonds. The molecule has 1 unspecified atom stereocenters. The molecule has 2 aliphatic rings. The Morgan fingerprint density at radius 2 is 2.15 bits per heavy atom. The van der Waals surface area contributed by atoms with Gasteiger partial charge < -0.3 is 19.7 Å². The van der Waals surface area contributed by atoms with E-state index in [1.165, 1.54) is 0 Å². The van der Waals surface area contributed by atoms with E-state index in [9.17, 15) is 4.79 Å². The molecule has 26 heavy (non-hydrogen) atoms. The minimum absolute atomic E-state index is 0.00264. The van der Waals surface area contributed by atoms with Crippen molar-refractivity contribution in [2.75, 3.05) is 26.3 Å². The van der Waals surface area contributed by atoms with Gasteiger partial charge in [-0.15, -0.1) is 0 Å². The summed E-state index contributed by atoms with van der Waals surface area (Å²) >= 11 is 0. The van der Waals surface area contributed by atoms with E-state index in [0.717, 1.165) is 49.4 Å². The van der Waals surface area contributed by atoms with Crippen LogP contribution in [0.5, 0.6) is 11.5 Å². The first-order chi connectivity index (χ1) is 12.8. The molecule has 1 saturated heterocycles. The summed E-state index contributed by atoms with van der Waals surface area (Å²) in [5.41, 5.74) is 1.11. The lowest BCUT2D eigenvalue weighted by molar-refractivity contribution is 0.170. The number of rotatable bonds is 5. The van der Waals surface area contributed by atoms with Gasteiger partial charge in [0.2, 0.25) is 0 Å². The molecule has 7 nitrogen and oxygen atoms in total. The molecule has 0 bridgehead atoms. The van der Waals surface area contributed by atoms with Crippen LogP contribution < -0.4 is 14.8 Å². The van der Waals surface area contributed by atoms with E-state index < -0.39 is 0 Å². The number of carbonyl (C=O) groups excluding carboxylic acids is 1. The van der Waals surface area contributed by atoms with Gasteiger partial charge in [0.1, 0.15) is 13.2 Å². The van der Waals surface area contributed by atoms with Gasteiger partial charge in [0.15, 0.2) is 11.5 Å². The van der Waals surface area contributed by atoms with Crippen LogP contribution >= 0.6 is 0 Å². The summed E-state index contributed by atoms with van der Waals surface area (Å²) in [6, 6.07) is 8.01. The minimum atomic E-state index is 0.00264. The van der Waals surface area contributed by atoms with Crippen LogP contribution in [0, 0.1) is 0 Å². The SMILES string of the molecule is O=C(NCCCn1cccn1)N1CCCC1c1ccc2c(c1)OCCO2. The van der Waals surface area contributed by atoms with Gasteiger partial charge >= 0.3 is 6.03 Å². The lowest BCUT2D eigenvalue weighted by atomic mass is 10.0. The van der Waals surface area contributed by atoms with Crippen LogP contribution in [0.15, 0.2) is 36.7 Å². The maximum atomic E-state index is 12.6. The molecule has 1 fully saturated rings. The number of carbonyl (C=O) groups is 1. The fourth-order valence-corrected chi connectivity index (χ4v) is 3.59. The molecule has 138 valence electrons. The number of urea groups is 1. The summed E-state index contributed by atoms with van der Waals surface area (Å²) in [6.45, 7) is 3.39. The van der Waals surface area contributed by atoms with Crippen LogP contribution in [0.25, 0.3) is 0 Å². The molecule has 3 heterocycles. The second-order valence-corrected chi connectivity index (χ2v) is 6.61. The van der Waals surface area contributed by atoms with Crippen molar-refractivity contribution >= 4 is 6.03 Å². The van der Waals surface area contributed by atoms with Gasteiger partial charge in [-0.3, -0.25) is 4.68 Å². The molecule has 0 spiro atoms. The van der Waals surface area contributed by atoms with Crippen molar-refractivity contribution in [2.45, 2.75) is 31.8 Å². The summed E-state index contributed by atoms with van der Waals surface area (Å²) in [4.78, 5) is 14.5. The van der Waals surface area contributed by atoms with Crippen molar-refractivity contribution in [3.05, 3.63) is 42.2 Å². The van der Waals surface area contributed by atoms with Crippen molar-refractivity contribution in [1.82, 2.24) is 20.0 Å². The third kappa shape index (κ3) is 3.61. The quantitative estimate of drug-likeness (QED) is 0.836. The summed E-state index contributed by atoms with van der Waals surface area (Å²) in [7, 11) is 0. The number of hydrogen-bond acceptors (Lipinski definition) is 4. The highest BCUT2D eigenvalue weighted by molar-refractivity contribution is 5.75. The molecular formula is C19H24N4O3. The number of nitrogens with zero attached hydrogens (tertiary/aromatic N) is 3. The molecular weight excluding hydrogens is 332 g/mol. The number of benzene rings is 1. The van der Waals surface area contributed by atoms with Crippen LogP contribution in [0.4, 0.5) is 4.79 Å². The van der Waals surface area contributed by atoms with Crippen molar-refractivity contribution in [1.29, 1.82) is 0 Å². The molecule has 0 radical (unpaired) electrons. The first-order valence-corrected chi connectivity index (χ1v) is 9.23. The predicted octanol–water partition coefficient (Wildman–Crippen LogP) is 2.59. The lowest BCUT2D eigenvalue weighted by Crippen LogP contribution is -2.40. The van der Waals surface area contributed by atoms with Crippen LogP contribution in [-0.2, 0) is 6.54 Å². The van der Waals surface area contributed by atoms with E-state index >= 15 is 0 Å². The first kappa shape index (κ1) is 16.8. The molecule has 2 aliphatic heterocycles. The molecule has 0 aliphatic carbocycles. The average molecular weight is 356 g/mol. The normalized spacial score (nSPS) is 18.8. The van der Waals surface area contributed by atoms with E-state index in [1.807, 2.05) is 40.0 Å². The minimum Gasteiger partial charge on any atom is -0.486 e. The van der Waals surface area contributed by atoms with Crippen LogP contribution in [0.2, 0.25) is 0 Å². The Morgan fingerprint density at radius 3 is 3.00 bits per heavy atom. The first-order valence-electron chi connectivity index (χ1n) is 9.23. The van der Waals surface area contributed by atoms with Crippen molar-refractivity contribution in [3.8, 4) is 11.5 Å². The second kappa shape index (κ2) is 7.68. The molecule has 7 heteroatoms. The Bertz CT molecular complexity index is 747. The molecule has 1 N–H and O–H groups in total. The second-order valence-electron chi connectivity index (χ2n) is 6.61. The summed E-state index contributed by atoms with van der Waals surface area (Å²) in [5.74, 6) is 1.56. The van der Waals surface area contributed by atoms with Crippen LogP contribution in [0.1, 0.15) is 30.9 Å². The van der Waals surface area contributed by atoms with Gasteiger partial charge in [0.05, 0.1) is 6.04 Å². The van der Waals surface area contributed by atoms with Gasteiger partial charge in [-0.1, -0.05) is 6.07 Å². The third-order valence-electron chi connectivity index (χ3n) is 4.86. The zero-order valence-electron chi connectivity index (χ0n) is 14.8. The monoisotopic (exact) mass is 356 g/mol. The van der Waals surface area contributed by atoms with Gasteiger partial charge in [-0.25, -0.2) is 4.79 Å². The molecule has 0 saturated carbocycles. The zero-order valence-corrected chi connectivity index (χ0v) is 14.8. The summed E-state index contributed by atoms with van der Waals surface area (Å²) in [5, 5.41) is 7.21. The number of aryl methyl sites for hydroxylation is 1. The van der Waals surface area contributed by atoms with Crippen LogP contribution in [0.3, 0.4) is 0 Å². The fourth-order valence-electron chi connectivity index (χ4n) is 3.59. The Kier molecular flexibility index (Phi) is 4.95. The van der Waals surface area contributed by atoms with Crippen molar-refractivity contribution in [2.24, 2.45) is 0 Å². The van der Waals surface area contributed by atoms with Gasteiger partial charge in [-0.2, -0.15) is 5.10 Å². The van der Waals surface area contributed by atoms with Gasteiger partial charge in [0.25, 0.3) is 0 Å². The highest BCUT2D eigenvalue weighted by Crippen LogP contribution is 2.37. The van der Waals surface area contributed by atoms with Gasteiger partial charge in [-0.05, 0) is 43.0 Å². The summed E-state index contributed by atoms with van der Waals surface area (Å²) < 4.78 is 13.1. The number of ether oxygens (including phenoxy) is 2. The molecule has 1 aromatic carbocycles. The zero-order chi connectivity index (χ0) is 17.8. The molecule has 1 atom stereocenters. The number of likely N-dealkylation sites (tertiary alicyclic amines) is 1. The molecule has 2 aromatic rings. The summed E-state index contributed by atoms with van der Waals surface area (Å²) in [6.07, 6.45) is 6.54. The topological polar surface area (TPSA) is 68.6 Å². The average Bonchev–Trinajstić information content (AvgIpc) is 3.36. The smallest absolute Gasteiger partial charge is 0.317 e. The van der Waals surface area contributed by atoms with Gasteiger partial charge in [0, 0.05) is 32.0 Å². The van der Waals surface area contributed by atoms with Crippen LogP contribution in [-0.4, -0.2) is 47.0 Å². The number of fused-ring (bicyclic) bond motifs is 1. The fraction of sp³-hybridized carbons (Fsp3) is 0.474. The Morgan fingerprint density at radius 1 is 1.27 bits per heavy atom. The maximum absolute atomic E-state index is 12.6. The molecule has 4 rings (SSSR count). The predicted molar refractivity (Wildman–Crippen MR) is 96.4 cm³/mol. The van der Waals surface area contributed by atoms with E-state index in [-0.39, 0.29) is 12.1 Å². The lowest BCUT2D eigenvalue weighted by Gasteiger charge is -2.27. The van der Waals surface area contributed by atoms with E-state index in [4.69, 9.17) is 9.47 Å². The van der Waals surface area contributed by atoms with E-state index in [1.54, 1.807) is 6.20 Å². The van der Waals surface area contributed by atoms with Crippen molar-refractivity contribution < 1.29 is 14.3 Å². The Labute approximate surface area is 152 Å². The Balaban J connectivity index is 1.34. The number of nitrogens with one attached hydrogen (secondary N) is 1. The molecule has 1 aromatic heterocycles. The number of hydrogen-bond donors (Lipinski definition) is 1. The number of aromatic nitrogens is 2. The van der Waals surface area contributed by atoms with E-state index in [0.29, 0.717) is 19.8 Å². The largest absolute Gasteiger partial charge is 0.486 e.